The molecule has 0 bridgehead atoms. The van der Waals surface area contributed by atoms with Gasteiger partial charge in [-0.1, -0.05) is 12.1 Å². The van der Waals surface area contributed by atoms with Crippen LogP contribution in [0.3, 0.4) is 0 Å². The fourth-order valence-electron chi connectivity index (χ4n) is 1.37. The molecule has 2 heterocycles. The van der Waals surface area contributed by atoms with Crippen LogP contribution in [0.5, 0.6) is 0 Å². The van der Waals surface area contributed by atoms with E-state index in [1.165, 1.54) is 0 Å². The zero-order chi connectivity index (χ0) is 9.38. The Morgan fingerprint density at radius 1 is 1.14 bits per heavy atom. The van der Waals surface area contributed by atoms with E-state index < -0.39 is 0 Å². The van der Waals surface area contributed by atoms with Gasteiger partial charge in [0.25, 0.3) is 0 Å². The summed E-state index contributed by atoms with van der Waals surface area (Å²) in [6.45, 7) is 0. The van der Waals surface area contributed by atoms with Crippen molar-refractivity contribution in [1.82, 2.24) is 0 Å². The maximum atomic E-state index is 5.36. The van der Waals surface area contributed by atoms with Crippen LogP contribution in [0.2, 0.25) is 0 Å². The summed E-state index contributed by atoms with van der Waals surface area (Å²) in [6.07, 6.45) is 3.54. The van der Waals surface area contributed by atoms with Gasteiger partial charge in [-0.25, -0.2) is 0 Å². The molecule has 0 fully saturated rings. The summed E-state index contributed by atoms with van der Waals surface area (Å²) in [6, 6.07) is 9.98. The largest absolute Gasteiger partial charge is 0.457 e. The smallest absolute Gasteiger partial charge is 0.173 e. The Bertz CT molecular complexity index is 501. The first-order valence-corrected chi connectivity index (χ1v) is 5.13. The summed E-state index contributed by atoms with van der Waals surface area (Å²) >= 11 is 1.62. The Labute approximate surface area is 85.7 Å². The first-order valence-electron chi connectivity index (χ1n) is 4.32. The van der Waals surface area contributed by atoms with Gasteiger partial charge in [-0.2, -0.15) is 0 Å². The van der Waals surface area contributed by atoms with Crippen molar-refractivity contribution in [2.24, 2.45) is 4.99 Å². The van der Waals surface area contributed by atoms with Crippen molar-refractivity contribution >= 4 is 23.7 Å². The van der Waals surface area contributed by atoms with Crippen LogP contribution in [-0.4, -0.2) is 6.21 Å². The van der Waals surface area contributed by atoms with E-state index in [1.807, 2.05) is 30.5 Å². The molecule has 1 aromatic heterocycles. The maximum absolute atomic E-state index is 5.36. The van der Waals surface area contributed by atoms with Crippen LogP contribution in [0.4, 0.5) is 5.69 Å². The van der Waals surface area contributed by atoms with Crippen LogP contribution < -0.4 is 0 Å². The van der Waals surface area contributed by atoms with Gasteiger partial charge >= 0.3 is 0 Å². The number of hydrogen-bond acceptors (Lipinski definition) is 3. The van der Waals surface area contributed by atoms with Gasteiger partial charge in [0.2, 0.25) is 0 Å². The molecular formula is C11H7NOS. The summed E-state index contributed by atoms with van der Waals surface area (Å²) in [7, 11) is 0. The summed E-state index contributed by atoms with van der Waals surface area (Å²) in [5, 5.41) is 0.915. The third-order valence-electron chi connectivity index (χ3n) is 2.07. The molecule has 3 rings (SSSR count). The predicted octanol–water partition coefficient (Wildman–Crippen LogP) is 3.49. The predicted molar refractivity (Wildman–Crippen MR) is 56.5 cm³/mol. The second-order valence-electron chi connectivity index (χ2n) is 2.99. The van der Waals surface area contributed by atoms with E-state index in [2.05, 4.69) is 11.1 Å². The Kier molecular flexibility index (Phi) is 1.70. The van der Waals surface area contributed by atoms with Crippen LogP contribution in [0, 0.1) is 0 Å². The molecule has 0 amide bonds. The van der Waals surface area contributed by atoms with Crippen molar-refractivity contribution in [2.75, 3.05) is 0 Å². The summed E-state index contributed by atoms with van der Waals surface area (Å²) in [5.41, 5.74) is 2.05. The highest BCUT2D eigenvalue weighted by atomic mass is 32.2. The highest BCUT2D eigenvalue weighted by molar-refractivity contribution is 7.99. The second-order valence-corrected chi connectivity index (χ2v) is 4.01. The molecular weight excluding hydrogens is 194 g/mol. The van der Waals surface area contributed by atoms with E-state index in [9.17, 15) is 0 Å². The molecule has 1 aromatic carbocycles. The molecule has 14 heavy (non-hydrogen) atoms. The van der Waals surface area contributed by atoms with Gasteiger partial charge in [0.1, 0.15) is 0 Å². The highest BCUT2D eigenvalue weighted by Crippen LogP contribution is 2.38. The lowest BCUT2D eigenvalue weighted by Crippen LogP contribution is -1.73. The van der Waals surface area contributed by atoms with Gasteiger partial charge in [0.15, 0.2) is 5.09 Å². The first kappa shape index (κ1) is 7.88. The highest BCUT2D eigenvalue weighted by Gasteiger charge is 2.12. The van der Waals surface area contributed by atoms with Crippen LogP contribution in [0.15, 0.2) is 56.0 Å². The molecule has 0 N–H and O–H groups in total. The second kappa shape index (κ2) is 3.03. The van der Waals surface area contributed by atoms with Crippen LogP contribution in [0.1, 0.15) is 5.56 Å². The van der Waals surface area contributed by atoms with Crippen LogP contribution in [-0.2, 0) is 0 Å². The third-order valence-corrected chi connectivity index (χ3v) is 3.15. The van der Waals surface area contributed by atoms with E-state index in [0.29, 0.717) is 0 Å². The van der Waals surface area contributed by atoms with Crippen molar-refractivity contribution < 1.29 is 4.42 Å². The van der Waals surface area contributed by atoms with E-state index in [1.54, 1.807) is 18.0 Å². The maximum Gasteiger partial charge on any atom is 0.173 e. The molecule has 0 unspecified atom stereocenters. The number of nitrogens with zero attached hydrogens (tertiary/aromatic N) is 1. The van der Waals surface area contributed by atoms with Crippen molar-refractivity contribution in [3.05, 3.63) is 42.2 Å². The lowest BCUT2D eigenvalue weighted by molar-refractivity contribution is 0.474. The molecule has 68 valence electrons. The van der Waals surface area contributed by atoms with Crippen molar-refractivity contribution in [2.45, 2.75) is 9.99 Å². The van der Waals surface area contributed by atoms with Crippen LogP contribution in [0.25, 0.3) is 0 Å². The number of aliphatic imine (C=N–C) groups is 1. The topological polar surface area (TPSA) is 25.5 Å². The number of hydrogen-bond donors (Lipinski definition) is 0. The Hall–Kier alpha value is -1.48. The molecule has 1 aliphatic rings. The first-order chi connectivity index (χ1) is 6.93. The monoisotopic (exact) mass is 201 g/mol. The Morgan fingerprint density at radius 2 is 2.07 bits per heavy atom. The fourth-order valence-corrected chi connectivity index (χ4v) is 2.29. The number of furan rings is 1. The number of para-hydroxylation sites is 1. The minimum Gasteiger partial charge on any atom is -0.457 e. The number of benzene rings is 1. The van der Waals surface area contributed by atoms with Gasteiger partial charge in [0.05, 0.1) is 12.0 Å². The zero-order valence-corrected chi connectivity index (χ0v) is 8.12. The van der Waals surface area contributed by atoms with E-state index in [0.717, 1.165) is 21.2 Å². The third kappa shape index (κ3) is 1.17. The SMILES string of the molecule is C1=Nc2ccccc2Sc2occc21. The van der Waals surface area contributed by atoms with Gasteiger partial charge in [-0.15, -0.1) is 0 Å². The number of fused-ring (bicyclic) bond motifs is 2. The molecule has 2 nitrogen and oxygen atoms in total. The average Bonchev–Trinajstić information content (AvgIpc) is 2.58. The molecule has 0 radical (unpaired) electrons. The van der Waals surface area contributed by atoms with Crippen LogP contribution >= 0.6 is 11.8 Å². The van der Waals surface area contributed by atoms with E-state index in [4.69, 9.17) is 4.42 Å². The van der Waals surface area contributed by atoms with Crippen molar-refractivity contribution in [3.8, 4) is 0 Å². The van der Waals surface area contributed by atoms with Crippen molar-refractivity contribution in [1.29, 1.82) is 0 Å². The minimum atomic E-state index is 0.915. The lowest BCUT2D eigenvalue weighted by Gasteiger charge is -1.99. The van der Waals surface area contributed by atoms with E-state index in [-0.39, 0.29) is 0 Å². The molecule has 0 aliphatic carbocycles. The summed E-state index contributed by atoms with van der Waals surface area (Å²) < 4.78 is 5.36. The molecule has 0 spiro atoms. The molecule has 1 aliphatic heterocycles. The molecule has 0 atom stereocenters. The number of rotatable bonds is 0. The molecule has 2 aromatic rings. The summed E-state index contributed by atoms with van der Waals surface area (Å²) in [5.74, 6) is 0. The average molecular weight is 201 g/mol. The normalized spacial score (nSPS) is 13.1. The van der Waals surface area contributed by atoms with Gasteiger partial charge in [0, 0.05) is 16.7 Å². The van der Waals surface area contributed by atoms with E-state index >= 15 is 0 Å². The van der Waals surface area contributed by atoms with Crippen molar-refractivity contribution in [3.63, 3.8) is 0 Å². The molecule has 0 saturated carbocycles. The lowest BCUT2D eigenvalue weighted by atomic mass is 10.3. The van der Waals surface area contributed by atoms with Gasteiger partial charge < -0.3 is 4.42 Å². The van der Waals surface area contributed by atoms with Gasteiger partial charge in [-0.3, -0.25) is 4.99 Å². The molecule has 0 saturated heterocycles. The quantitative estimate of drug-likeness (QED) is 0.556. The fraction of sp³-hybridized carbons (Fsp3) is 0. The minimum absolute atomic E-state index is 0.915. The van der Waals surface area contributed by atoms with Gasteiger partial charge in [-0.05, 0) is 30.0 Å². The Morgan fingerprint density at radius 3 is 3.07 bits per heavy atom. The molecule has 3 heteroatoms. The zero-order valence-electron chi connectivity index (χ0n) is 7.31. The standard InChI is InChI=1S/C11H7NOS/c1-2-4-10-9(3-1)12-7-8-5-6-13-11(8)14-10/h1-7H. The Balaban J connectivity index is 2.19. The summed E-state index contributed by atoms with van der Waals surface area (Å²) in [4.78, 5) is 5.53.